The van der Waals surface area contributed by atoms with Crippen LogP contribution in [-0.2, 0) is 33.3 Å². The van der Waals surface area contributed by atoms with Gasteiger partial charge in [-0.3, -0.25) is 19.1 Å². The Bertz CT molecular complexity index is 918. The van der Waals surface area contributed by atoms with Crippen molar-refractivity contribution in [2.75, 3.05) is 0 Å². The van der Waals surface area contributed by atoms with Gasteiger partial charge < -0.3 is 14.2 Å². The van der Waals surface area contributed by atoms with Crippen LogP contribution in [0, 0.1) is 22.7 Å². The smallest absolute Gasteiger partial charge is 0.306 e. The Labute approximate surface area is 208 Å². The minimum absolute atomic E-state index is 0.0445. The van der Waals surface area contributed by atoms with E-state index >= 15 is 0 Å². The average molecular weight is 489 g/mol. The number of ether oxygens (including phenoxy) is 4. The zero-order valence-electron chi connectivity index (χ0n) is 21.9. The molecule has 1 saturated heterocycles. The molecule has 0 radical (unpaired) electrons. The zero-order chi connectivity index (χ0) is 26.0. The Morgan fingerprint density at radius 1 is 1.17 bits per heavy atom. The molecular weight excluding hydrogens is 448 g/mol. The molecule has 7 heteroatoms. The van der Waals surface area contributed by atoms with Gasteiger partial charge in [-0.2, -0.15) is 0 Å². The summed E-state index contributed by atoms with van der Waals surface area (Å²) in [6, 6.07) is 0. The van der Waals surface area contributed by atoms with E-state index in [1.807, 2.05) is 26.0 Å². The first-order chi connectivity index (χ1) is 16.5. The average Bonchev–Trinajstić information content (AvgIpc) is 3.05. The fourth-order valence-electron chi connectivity index (χ4n) is 6.24. The van der Waals surface area contributed by atoms with Crippen LogP contribution in [0.2, 0.25) is 0 Å². The Balaban J connectivity index is 2.15. The number of allylic oxidation sites excluding steroid dienone is 3. The molecule has 7 nitrogen and oxygen atoms in total. The first kappa shape index (κ1) is 27.2. The highest BCUT2D eigenvalue weighted by Crippen LogP contribution is 2.67. The minimum atomic E-state index is -0.991. The van der Waals surface area contributed by atoms with Crippen LogP contribution in [0.5, 0.6) is 0 Å². The van der Waals surface area contributed by atoms with Crippen LogP contribution >= 0.6 is 0 Å². The summed E-state index contributed by atoms with van der Waals surface area (Å²) in [5, 5.41) is 0. The molecule has 2 aliphatic carbocycles. The summed E-state index contributed by atoms with van der Waals surface area (Å²) >= 11 is 0. The van der Waals surface area contributed by atoms with E-state index in [0.29, 0.717) is 25.2 Å². The van der Waals surface area contributed by atoms with Crippen molar-refractivity contribution in [2.45, 2.75) is 98.8 Å². The molecule has 1 spiro atoms. The molecule has 1 saturated carbocycles. The third-order valence-electron chi connectivity index (χ3n) is 8.30. The molecule has 1 aliphatic heterocycles. The number of hydrogen-bond acceptors (Lipinski definition) is 7. The van der Waals surface area contributed by atoms with Gasteiger partial charge in [0.2, 0.25) is 12.6 Å². The first-order valence-corrected chi connectivity index (χ1v) is 12.7. The summed E-state index contributed by atoms with van der Waals surface area (Å²) in [6.07, 6.45) is 7.56. The monoisotopic (exact) mass is 488 g/mol. The van der Waals surface area contributed by atoms with Crippen LogP contribution in [0.25, 0.3) is 0 Å². The highest BCUT2D eigenvalue weighted by Gasteiger charge is 2.67. The fraction of sp³-hybridized carbons (Fsp3) is 0.679. The second-order valence-corrected chi connectivity index (χ2v) is 10.5. The summed E-state index contributed by atoms with van der Waals surface area (Å²) in [5.74, 6) is -0.895. The number of carbonyl (C=O) groups is 3. The molecule has 35 heavy (non-hydrogen) atoms. The van der Waals surface area contributed by atoms with Gasteiger partial charge in [0.15, 0.2) is 0 Å². The molecule has 0 N–H and O–H groups in total. The van der Waals surface area contributed by atoms with E-state index in [2.05, 4.69) is 26.5 Å². The van der Waals surface area contributed by atoms with Gasteiger partial charge in [0.25, 0.3) is 0 Å². The lowest BCUT2D eigenvalue weighted by Crippen LogP contribution is -2.57. The number of carbonyl (C=O) groups excluding carboxylic acids is 3. The molecule has 0 aromatic carbocycles. The third-order valence-corrected chi connectivity index (χ3v) is 8.30. The molecule has 0 bridgehead atoms. The predicted molar refractivity (Wildman–Crippen MR) is 131 cm³/mol. The van der Waals surface area contributed by atoms with Gasteiger partial charge in [-0.05, 0) is 62.4 Å². The number of esters is 3. The molecule has 1 unspecified atom stereocenters. The van der Waals surface area contributed by atoms with Crippen molar-refractivity contribution in [1.29, 1.82) is 0 Å². The van der Waals surface area contributed by atoms with Crippen molar-refractivity contribution < 1.29 is 33.3 Å². The summed E-state index contributed by atoms with van der Waals surface area (Å²) in [4.78, 5) is 36.5. The van der Waals surface area contributed by atoms with Crippen molar-refractivity contribution in [3.8, 4) is 0 Å². The van der Waals surface area contributed by atoms with Crippen LogP contribution in [0.15, 0.2) is 36.0 Å². The van der Waals surface area contributed by atoms with E-state index < -0.39 is 36.0 Å². The SMILES string of the molecule is C=C/C(C)=C\C[C@]1(C)[C@H](C)CCC23C(=C[C@H](OC(=O)CCC)C[C@H]21)[C@@H](OC(C)=O)O[C@H]3OC(C)=O. The highest BCUT2D eigenvalue weighted by atomic mass is 16.8. The van der Waals surface area contributed by atoms with Gasteiger partial charge in [-0.15, -0.1) is 0 Å². The molecule has 3 aliphatic rings. The highest BCUT2D eigenvalue weighted by molar-refractivity contribution is 5.70. The van der Waals surface area contributed by atoms with Crippen molar-refractivity contribution in [3.63, 3.8) is 0 Å². The van der Waals surface area contributed by atoms with Crippen LogP contribution in [0.3, 0.4) is 0 Å². The van der Waals surface area contributed by atoms with E-state index in [1.165, 1.54) is 13.8 Å². The van der Waals surface area contributed by atoms with Crippen molar-refractivity contribution >= 4 is 17.9 Å². The second-order valence-electron chi connectivity index (χ2n) is 10.5. The van der Waals surface area contributed by atoms with Gasteiger partial charge in [0.1, 0.15) is 6.10 Å². The Morgan fingerprint density at radius 3 is 2.46 bits per heavy atom. The van der Waals surface area contributed by atoms with Crippen LogP contribution in [0.1, 0.15) is 80.1 Å². The van der Waals surface area contributed by atoms with Gasteiger partial charge in [-0.1, -0.05) is 45.1 Å². The maximum atomic E-state index is 12.5. The molecule has 0 aromatic heterocycles. The predicted octanol–water partition coefficient (Wildman–Crippen LogP) is 5.40. The minimum Gasteiger partial charge on any atom is -0.458 e. The summed E-state index contributed by atoms with van der Waals surface area (Å²) < 4.78 is 23.3. The van der Waals surface area contributed by atoms with Crippen molar-refractivity contribution in [1.82, 2.24) is 0 Å². The standard InChI is InChI=1S/C28H40O7/c1-8-10-24(31)34-21-15-22-25(32-19(5)29)35-26(33-20(6)30)28(22)14-12-18(4)27(7,23(28)16-21)13-11-17(3)9-2/h9,11,15,18,21,23,25-26H,2,8,10,12-14,16H2,1,3-7H3/b17-11-/t18-,21+,23+,25+,26-,27-,28?/m1/s1. The molecule has 0 aromatic rings. The fourth-order valence-corrected chi connectivity index (χ4v) is 6.24. The normalized spacial score (nSPS) is 36.3. The Morgan fingerprint density at radius 2 is 1.86 bits per heavy atom. The topological polar surface area (TPSA) is 88.1 Å². The lowest BCUT2D eigenvalue weighted by molar-refractivity contribution is -0.235. The Hall–Kier alpha value is -2.41. The maximum absolute atomic E-state index is 12.5. The van der Waals surface area contributed by atoms with E-state index in [-0.39, 0.29) is 17.3 Å². The van der Waals surface area contributed by atoms with E-state index in [1.54, 1.807) is 0 Å². The van der Waals surface area contributed by atoms with Crippen LogP contribution in [-0.4, -0.2) is 36.6 Å². The molecule has 194 valence electrons. The third kappa shape index (κ3) is 5.25. The summed E-state index contributed by atoms with van der Waals surface area (Å²) in [7, 11) is 0. The van der Waals surface area contributed by atoms with Gasteiger partial charge in [0, 0.05) is 25.8 Å². The largest absolute Gasteiger partial charge is 0.458 e. The summed E-state index contributed by atoms with van der Waals surface area (Å²) in [6.45, 7) is 15.0. The maximum Gasteiger partial charge on any atom is 0.306 e. The zero-order valence-corrected chi connectivity index (χ0v) is 21.9. The molecule has 1 heterocycles. The van der Waals surface area contributed by atoms with Crippen molar-refractivity contribution in [2.24, 2.45) is 22.7 Å². The van der Waals surface area contributed by atoms with Gasteiger partial charge in [-0.25, -0.2) is 0 Å². The molecule has 3 rings (SSSR count). The van der Waals surface area contributed by atoms with E-state index in [9.17, 15) is 14.4 Å². The molecular formula is C28H40O7. The molecule has 2 fully saturated rings. The van der Waals surface area contributed by atoms with Crippen molar-refractivity contribution in [3.05, 3.63) is 36.0 Å². The second kappa shape index (κ2) is 10.7. The lowest BCUT2D eigenvalue weighted by atomic mass is 9.46. The first-order valence-electron chi connectivity index (χ1n) is 12.7. The van der Waals surface area contributed by atoms with Gasteiger partial charge in [0.05, 0.1) is 5.41 Å². The van der Waals surface area contributed by atoms with E-state index in [4.69, 9.17) is 18.9 Å². The van der Waals surface area contributed by atoms with Gasteiger partial charge >= 0.3 is 17.9 Å². The quantitative estimate of drug-likeness (QED) is 0.196. The van der Waals surface area contributed by atoms with Crippen LogP contribution < -0.4 is 0 Å². The summed E-state index contributed by atoms with van der Waals surface area (Å²) in [5.41, 5.74) is 0.945. The lowest BCUT2D eigenvalue weighted by Gasteiger charge is -2.58. The molecule has 7 atom stereocenters. The van der Waals surface area contributed by atoms with E-state index in [0.717, 1.165) is 30.4 Å². The van der Waals surface area contributed by atoms with Crippen LogP contribution in [0.4, 0.5) is 0 Å². The Kier molecular flexibility index (Phi) is 8.30. The number of hydrogen-bond donors (Lipinski definition) is 0. The molecule has 0 amide bonds. The number of rotatable bonds is 8.